The van der Waals surface area contributed by atoms with Crippen molar-refractivity contribution < 1.29 is 4.74 Å². The molecule has 0 atom stereocenters. The summed E-state index contributed by atoms with van der Waals surface area (Å²) in [5, 5.41) is 6.97. The molecular formula is C22H38IN5O. The highest BCUT2D eigenvalue weighted by Crippen LogP contribution is 2.15. The van der Waals surface area contributed by atoms with Gasteiger partial charge in [-0.2, -0.15) is 0 Å². The van der Waals surface area contributed by atoms with Gasteiger partial charge in [0, 0.05) is 32.7 Å². The molecule has 1 aromatic carbocycles. The van der Waals surface area contributed by atoms with Gasteiger partial charge < -0.3 is 20.3 Å². The zero-order valence-electron chi connectivity index (χ0n) is 18.0. The lowest BCUT2D eigenvalue weighted by Gasteiger charge is -2.29. The number of benzene rings is 1. The Labute approximate surface area is 193 Å². The number of piperidine rings is 1. The van der Waals surface area contributed by atoms with Gasteiger partial charge in [0.1, 0.15) is 0 Å². The summed E-state index contributed by atoms with van der Waals surface area (Å²) >= 11 is 0. The third-order valence-corrected chi connectivity index (χ3v) is 5.76. The Bertz CT molecular complexity index is 613. The Morgan fingerprint density at radius 2 is 1.76 bits per heavy atom. The molecule has 0 aliphatic carbocycles. The van der Waals surface area contributed by atoms with E-state index in [4.69, 9.17) is 9.73 Å². The maximum absolute atomic E-state index is 5.47. The van der Waals surface area contributed by atoms with Gasteiger partial charge in [-0.15, -0.1) is 24.0 Å². The first kappa shape index (κ1) is 24.4. The maximum atomic E-state index is 5.47. The van der Waals surface area contributed by atoms with Crippen LogP contribution in [0.1, 0.15) is 30.9 Å². The van der Waals surface area contributed by atoms with Crippen LogP contribution in [0.15, 0.2) is 29.3 Å². The number of nitrogens with zero attached hydrogens (tertiary/aromatic N) is 3. The van der Waals surface area contributed by atoms with E-state index in [0.717, 1.165) is 57.8 Å². The van der Waals surface area contributed by atoms with Crippen LogP contribution in [0.3, 0.4) is 0 Å². The van der Waals surface area contributed by atoms with E-state index >= 15 is 0 Å². The Kier molecular flexibility index (Phi) is 11.3. The summed E-state index contributed by atoms with van der Waals surface area (Å²) in [5.41, 5.74) is 2.69. The molecule has 2 N–H and O–H groups in total. The van der Waals surface area contributed by atoms with Crippen molar-refractivity contribution in [3.63, 3.8) is 0 Å². The number of nitrogens with one attached hydrogen (secondary N) is 2. The van der Waals surface area contributed by atoms with Crippen LogP contribution in [0, 0.1) is 5.92 Å². The fraction of sp³-hybridized carbons (Fsp3) is 0.682. The monoisotopic (exact) mass is 515 g/mol. The number of aliphatic imine (C=N–C) groups is 1. The maximum Gasteiger partial charge on any atom is 0.191 e. The van der Waals surface area contributed by atoms with E-state index in [1.54, 1.807) is 0 Å². The van der Waals surface area contributed by atoms with Crippen molar-refractivity contribution in [3.05, 3.63) is 35.4 Å². The lowest BCUT2D eigenvalue weighted by atomic mass is 9.97. The molecule has 0 spiro atoms. The number of ether oxygens (including phenoxy) is 1. The SMILES string of the molecule is CCNC(=NCc1ccccc1CN1CCOCC1)NCC1CCN(C)CC1.I. The van der Waals surface area contributed by atoms with E-state index in [1.165, 1.54) is 37.1 Å². The molecule has 1 aromatic rings. The van der Waals surface area contributed by atoms with Gasteiger partial charge in [-0.25, -0.2) is 4.99 Å². The van der Waals surface area contributed by atoms with Crippen molar-refractivity contribution in [2.24, 2.45) is 10.9 Å². The van der Waals surface area contributed by atoms with Crippen LogP contribution in [0.5, 0.6) is 0 Å². The number of halogens is 1. The standard InChI is InChI=1S/C22H37N5O.HI/c1-3-23-22(24-16-19-8-10-26(2)11-9-19)25-17-20-6-4-5-7-21(20)18-27-12-14-28-15-13-27;/h4-7,19H,3,8-18H2,1-2H3,(H2,23,24,25);1H. The molecule has 0 amide bonds. The van der Waals surface area contributed by atoms with Crippen molar-refractivity contribution in [3.8, 4) is 0 Å². The van der Waals surface area contributed by atoms with Crippen molar-refractivity contribution >= 4 is 29.9 Å². The predicted octanol–water partition coefficient (Wildman–Crippen LogP) is 2.53. The molecule has 2 heterocycles. The fourth-order valence-electron chi connectivity index (χ4n) is 3.88. The summed E-state index contributed by atoms with van der Waals surface area (Å²) in [6.45, 7) is 11.8. The van der Waals surface area contributed by atoms with Crippen LogP contribution in [0.2, 0.25) is 0 Å². The lowest BCUT2D eigenvalue weighted by molar-refractivity contribution is 0.0341. The first-order valence-corrected chi connectivity index (χ1v) is 10.8. The first-order chi connectivity index (χ1) is 13.7. The van der Waals surface area contributed by atoms with Gasteiger partial charge in [-0.1, -0.05) is 24.3 Å². The highest BCUT2D eigenvalue weighted by atomic mass is 127. The van der Waals surface area contributed by atoms with Crippen molar-refractivity contribution in [1.82, 2.24) is 20.4 Å². The van der Waals surface area contributed by atoms with Crippen LogP contribution in [0.4, 0.5) is 0 Å². The van der Waals surface area contributed by atoms with E-state index in [-0.39, 0.29) is 24.0 Å². The molecule has 0 saturated carbocycles. The van der Waals surface area contributed by atoms with Gasteiger partial charge >= 0.3 is 0 Å². The molecule has 2 aliphatic rings. The van der Waals surface area contributed by atoms with Crippen LogP contribution < -0.4 is 10.6 Å². The predicted molar refractivity (Wildman–Crippen MR) is 131 cm³/mol. The number of hydrogen-bond donors (Lipinski definition) is 2. The lowest BCUT2D eigenvalue weighted by Crippen LogP contribution is -2.42. The van der Waals surface area contributed by atoms with Gasteiger partial charge in [0.25, 0.3) is 0 Å². The molecule has 0 aromatic heterocycles. The summed E-state index contributed by atoms with van der Waals surface area (Å²) in [6, 6.07) is 8.69. The second-order valence-electron chi connectivity index (χ2n) is 7.98. The van der Waals surface area contributed by atoms with Crippen molar-refractivity contribution in [2.45, 2.75) is 32.9 Å². The molecule has 2 fully saturated rings. The summed E-state index contributed by atoms with van der Waals surface area (Å²) in [7, 11) is 2.21. The highest BCUT2D eigenvalue weighted by molar-refractivity contribution is 14.0. The molecular weight excluding hydrogens is 477 g/mol. The number of hydrogen-bond acceptors (Lipinski definition) is 4. The molecule has 29 heavy (non-hydrogen) atoms. The quantitative estimate of drug-likeness (QED) is 0.332. The van der Waals surface area contributed by atoms with E-state index in [2.05, 4.69) is 58.7 Å². The molecule has 7 heteroatoms. The number of rotatable bonds is 7. The Morgan fingerprint density at radius 3 is 2.45 bits per heavy atom. The van der Waals surface area contributed by atoms with Crippen LogP contribution in [0.25, 0.3) is 0 Å². The van der Waals surface area contributed by atoms with E-state index in [9.17, 15) is 0 Å². The minimum absolute atomic E-state index is 0. The molecule has 6 nitrogen and oxygen atoms in total. The zero-order chi connectivity index (χ0) is 19.6. The van der Waals surface area contributed by atoms with Crippen molar-refractivity contribution in [2.75, 3.05) is 59.5 Å². The third kappa shape index (κ3) is 8.39. The van der Waals surface area contributed by atoms with Gasteiger partial charge in [-0.3, -0.25) is 4.90 Å². The largest absolute Gasteiger partial charge is 0.379 e. The third-order valence-electron chi connectivity index (χ3n) is 5.76. The summed E-state index contributed by atoms with van der Waals surface area (Å²) in [6.07, 6.45) is 2.54. The molecule has 0 unspecified atom stereocenters. The molecule has 0 radical (unpaired) electrons. The molecule has 0 bridgehead atoms. The topological polar surface area (TPSA) is 52.1 Å². The minimum Gasteiger partial charge on any atom is -0.379 e. The second-order valence-corrected chi connectivity index (χ2v) is 7.98. The smallest absolute Gasteiger partial charge is 0.191 e. The van der Waals surface area contributed by atoms with E-state index in [0.29, 0.717) is 6.54 Å². The van der Waals surface area contributed by atoms with Crippen LogP contribution in [-0.2, 0) is 17.8 Å². The average molecular weight is 515 g/mol. The van der Waals surface area contributed by atoms with E-state index < -0.39 is 0 Å². The normalized spacial score (nSPS) is 19.6. The van der Waals surface area contributed by atoms with E-state index in [1.807, 2.05) is 0 Å². The molecule has 3 rings (SSSR count). The summed E-state index contributed by atoms with van der Waals surface area (Å²) in [5.74, 6) is 1.68. The first-order valence-electron chi connectivity index (χ1n) is 10.8. The Balaban J connectivity index is 0.00000300. The van der Waals surface area contributed by atoms with Gasteiger partial charge in [0.05, 0.1) is 19.8 Å². The Hall–Kier alpha value is -0.900. The van der Waals surface area contributed by atoms with Gasteiger partial charge in [-0.05, 0) is 56.9 Å². The second kappa shape index (κ2) is 13.4. The fourth-order valence-corrected chi connectivity index (χ4v) is 3.88. The minimum atomic E-state index is 0. The number of likely N-dealkylation sites (tertiary alicyclic amines) is 1. The van der Waals surface area contributed by atoms with Crippen molar-refractivity contribution in [1.29, 1.82) is 0 Å². The average Bonchev–Trinajstić information content (AvgIpc) is 2.73. The number of morpholine rings is 1. The Morgan fingerprint density at radius 1 is 1.07 bits per heavy atom. The van der Waals surface area contributed by atoms with Gasteiger partial charge in [0.2, 0.25) is 0 Å². The molecule has 2 saturated heterocycles. The summed E-state index contributed by atoms with van der Waals surface area (Å²) < 4.78 is 5.47. The van der Waals surface area contributed by atoms with Crippen LogP contribution in [-0.4, -0.2) is 75.3 Å². The zero-order valence-corrected chi connectivity index (χ0v) is 20.4. The number of guanidine groups is 1. The van der Waals surface area contributed by atoms with Crippen LogP contribution >= 0.6 is 24.0 Å². The summed E-state index contributed by atoms with van der Waals surface area (Å²) in [4.78, 5) is 9.76. The van der Waals surface area contributed by atoms with Gasteiger partial charge in [0.15, 0.2) is 5.96 Å². The molecule has 2 aliphatic heterocycles. The highest BCUT2D eigenvalue weighted by Gasteiger charge is 2.17. The molecule has 164 valence electrons.